The maximum Gasteiger partial charge on any atom is 0.0507 e. The highest BCUT2D eigenvalue weighted by atomic mass is 32.1. The quantitative estimate of drug-likeness (QED) is 0.898. The van der Waals surface area contributed by atoms with Gasteiger partial charge < -0.3 is 15.0 Å². The summed E-state index contributed by atoms with van der Waals surface area (Å²) >= 11 is 1.92. The van der Waals surface area contributed by atoms with E-state index in [9.17, 15) is 0 Å². The smallest absolute Gasteiger partial charge is 0.0507 e. The fourth-order valence-corrected chi connectivity index (χ4v) is 4.92. The number of piperidine rings is 1. The molecule has 0 spiro atoms. The zero-order chi connectivity index (χ0) is 15.5. The van der Waals surface area contributed by atoms with Crippen LogP contribution in [-0.2, 0) is 4.74 Å². The molecular formula is C18H30N2OS. The number of thiophene rings is 1. The Morgan fingerprint density at radius 2 is 2.09 bits per heavy atom. The Morgan fingerprint density at radius 1 is 1.32 bits per heavy atom. The summed E-state index contributed by atoms with van der Waals surface area (Å²) in [7, 11) is 0. The molecule has 0 saturated carbocycles. The molecule has 2 saturated heterocycles. The molecule has 22 heavy (non-hydrogen) atoms. The van der Waals surface area contributed by atoms with Crippen molar-refractivity contribution in [2.75, 3.05) is 32.8 Å². The van der Waals surface area contributed by atoms with E-state index in [-0.39, 0.29) is 0 Å². The van der Waals surface area contributed by atoms with Crippen LogP contribution in [0.1, 0.15) is 47.5 Å². The van der Waals surface area contributed by atoms with E-state index in [2.05, 4.69) is 37.1 Å². The Morgan fingerprint density at radius 3 is 2.68 bits per heavy atom. The second kappa shape index (κ2) is 7.43. The number of aryl methyl sites for hydroxylation is 2. The van der Waals surface area contributed by atoms with Crippen molar-refractivity contribution >= 4 is 11.3 Å². The zero-order valence-electron chi connectivity index (χ0n) is 14.2. The number of ether oxygens (including phenoxy) is 1. The van der Waals surface area contributed by atoms with Crippen LogP contribution in [0.25, 0.3) is 0 Å². The van der Waals surface area contributed by atoms with Crippen molar-refractivity contribution in [2.24, 2.45) is 5.92 Å². The molecule has 2 aliphatic rings. The van der Waals surface area contributed by atoms with Crippen LogP contribution in [0.5, 0.6) is 0 Å². The molecule has 0 radical (unpaired) electrons. The molecule has 0 aromatic carbocycles. The molecule has 0 aliphatic carbocycles. The lowest BCUT2D eigenvalue weighted by Crippen LogP contribution is -2.44. The Labute approximate surface area is 139 Å². The fraction of sp³-hybridized carbons (Fsp3) is 0.778. The molecule has 3 rings (SSSR count). The van der Waals surface area contributed by atoms with E-state index in [1.165, 1.54) is 54.2 Å². The molecule has 4 heteroatoms. The average molecular weight is 323 g/mol. The number of rotatable bonds is 5. The van der Waals surface area contributed by atoms with E-state index in [1.54, 1.807) is 0 Å². The van der Waals surface area contributed by atoms with Gasteiger partial charge in [0.15, 0.2) is 0 Å². The number of hydrogen-bond donors (Lipinski definition) is 1. The normalized spacial score (nSPS) is 25.7. The predicted molar refractivity (Wildman–Crippen MR) is 93.7 cm³/mol. The van der Waals surface area contributed by atoms with Gasteiger partial charge in [-0.25, -0.2) is 0 Å². The first-order chi connectivity index (χ1) is 10.6. The Bertz CT molecular complexity index is 473. The maximum absolute atomic E-state index is 5.50. The molecule has 1 aromatic rings. The standard InChI is InChI=1S/C18H30N2OS/c1-13-10-18(15(3)22-13)14(2)19-17-4-7-20(8-5-17)11-16-6-9-21-12-16/h10,14,16-17,19H,4-9,11-12H2,1-3H3/t14-,16-/m0/s1. The van der Waals surface area contributed by atoms with Crippen molar-refractivity contribution in [3.8, 4) is 0 Å². The second-order valence-electron chi connectivity index (χ2n) is 7.06. The Hall–Kier alpha value is -0.420. The lowest BCUT2D eigenvalue weighted by Gasteiger charge is -2.35. The van der Waals surface area contributed by atoms with Crippen LogP contribution in [0.15, 0.2) is 6.07 Å². The third-order valence-electron chi connectivity index (χ3n) is 5.16. The van der Waals surface area contributed by atoms with E-state index in [4.69, 9.17) is 4.74 Å². The monoisotopic (exact) mass is 322 g/mol. The van der Waals surface area contributed by atoms with Gasteiger partial charge in [0.05, 0.1) is 6.61 Å². The van der Waals surface area contributed by atoms with Crippen LogP contribution >= 0.6 is 11.3 Å². The summed E-state index contributed by atoms with van der Waals surface area (Å²) in [6.45, 7) is 12.4. The van der Waals surface area contributed by atoms with Crippen molar-refractivity contribution < 1.29 is 4.74 Å². The van der Waals surface area contributed by atoms with Gasteiger partial charge >= 0.3 is 0 Å². The zero-order valence-corrected chi connectivity index (χ0v) is 15.0. The van der Waals surface area contributed by atoms with Crippen LogP contribution in [0, 0.1) is 19.8 Å². The van der Waals surface area contributed by atoms with Crippen molar-refractivity contribution in [1.82, 2.24) is 10.2 Å². The minimum Gasteiger partial charge on any atom is -0.381 e. The minimum atomic E-state index is 0.477. The van der Waals surface area contributed by atoms with Crippen LogP contribution in [0.3, 0.4) is 0 Å². The molecule has 1 aromatic heterocycles. The molecular weight excluding hydrogens is 292 g/mol. The third kappa shape index (κ3) is 4.10. The summed E-state index contributed by atoms with van der Waals surface area (Å²) in [6.07, 6.45) is 3.81. The van der Waals surface area contributed by atoms with Gasteiger partial charge in [-0.1, -0.05) is 0 Å². The summed E-state index contributed by atoms with van der Waals surface area (Å²) in [6, 6.07) is 3.50. The molecule has 2 fully saturated rings. The van der Waals surface area contributed by atoms with E-state index in [0.717, 1.165) is 19.1 Å². The topological polar surface area (TPSA) is 24.5 Å². The lowest BCUT2D eigenvalue weighted by atomic mass is 10.00. The second-order valence-corrected chi connectivity index (χ2v) is 8.52. The molecule has 0 bridgehead atoms. The number of nitrogens with one attached hydrogen (secondary N) is 1. The fourth-order valence-electron chi connectivity index (χ4n) is 3.90. The predicted octanol–water partition coefficient (Wildman–Crippen LogP) is 3.52. The third-order valence-corrected chi connectivity index (χ3v) is 6.14. The summed E-state index contributed by atoms with van der Waals surface area (Å²) in [5.41, 5.74) is 1.49. The van der Waals surface area contributed by atoms with Gasteiger partial charge in [0.2, 0.25) is 0 Å². The first-order valence-corrected chi connectivity index (χ1v) is 9.56. The van der Waals surface area contributed by atoms with E-state index < -0.39 is 0 Å². The molecule has 124 valence electrons. The van der Waals surface area contributed by atoms with Crippen LogP contribution in [0.2, 0.25) is 0 Å². The number of nitrogens with zero attached hydrogens (tertiary/aromatic N) is 1. The van der Waals surface area contributed by atoms with Crippen molar-refractivity contribution in [3.63, 3.8) is 0 Å². The molecule has 2 atom stereocenters. The maximum atomic E-state index is 5.50. The van der Waals surface area contributed by atoms with Crippen LogP contribution in [0.4, 0.5) is 0 Å². The molecule has 3 nitrogen and oxygen atoms in total. The van der Waals surface area contributed by atoms with Gasteiger partial charge in [-0.15, -0.1) is 11.3 Å². The Balaban J connectivity index is 1.44. The molecule has 3 heterocycles. The van der Waals surface area contributed by atoms with Gasteiger partial charge in [0.1, 0.15) is 0 Å². The van der Waals surface area contributed by atoms with Gasteiger partial charge in [-0.3, -0.25) is 0 Å². The molecule has 2 aliphatic heterocycles. The van der Waals surface area contributed by atoms with Gasteiger partial charge in [0.25, 0.3) is 0 Å². The van der Waals surface area contributed by atoms with Crippen LogP contribution in [-0.4, -0.2) is 43.8 Å². The molecule has 1 N–H and O–H groups in total. The van der Waals surface area contributed by atoms with Crippen molar-refractivity contribution in [3.05, 3.63) is 21.4 Å². The van der Waals surface area contributed by atoms with E-state index >= 15 is 0 Å². The highest BCUT2D eigenvalue weighted by Gasteiger charge is 2.25. The highest BCUT2D eigenvalue weighted by Crippen LogP contribution is 2.27. The van der Waals surface area contributed by atoms with Crippen molar-refractivity contribution in [2.45, 2.75) is 52.1 Å². The van der Waals surface area contributed by atoms with Gasteiger partial charge in [0, 0.05) is 35.0 Å². The summed E-state index contributed by atoms with van der Waals surface area (Å²) in [4.78, 5) is 5.54. The Kier molecular flexibility index (Phi) is 5.55. The minimum absolute atomic E-state index is 0.477. The SMILES string of the molecule is Cc1cc([C@H](C)NC2CCN(C[C@@H]3CCOC3)CC2)c(C)s1. The number of hydrogen-bond acceptors (Lipinski definition) is 4. The summed E-state index contributed by atoms with van der Waals surface area (Å²) in [5, 5.41) is 3.86. The largest absolute Gasteiger partial charge is 0.381 e. The summed E-state index contributed by atoms with van der Waals surface area (Å²) < 4.78 is 5.50. The van der Waals surface area contributed by atoms with E-state index in [0.29, 0.717) is 12.1 Å². The van der Waals surface area contributed by atoms with E-state index in [1.807, 2.05) is 11.3 Å². The lowest BCUT2D eigenvalue weighted by molar-refractivity contribution is 0.145. The first-order valence-electron chi connectivity index (χ1n) is 8.75. The van der Waals surface area contributed by atoms with Gasteiger partial charge in [-0.2, -0.15) is 0 Å². The molecule has 0 unspecified atom stereocenters. The summed E-state index contributed by atoms with van der Waals surface area (Å²) in [5.74, 6) is 0.778. The van der Waals surface area contributed by atoms with Crippen LogP contribution < -0.4 is 5.32 Å². The van der Waals surface area contributed by atoms with Crippen molar-refractivity contribution in [1.29, 1.82) is 0 Å². The molecule has 0 amide bonds. The highest BCUT2D eigenvalue weighted by molar-refractivity contribution is 7.12. The number of likely N-dealkylation sites (tertiary alicyclic amines) is 1. The average Bonchev–Trinajstić information content (AvgIpc) is 3.10. The van der Waals surface area contributed by atoms with Gasteiger partial charge in [-0.05, 0) is 70.7 Å². The first kappa shape index (κ1) is 16.4.